The van der Waals surface area contributed by atoms with Gasteiger partial charge in [0, 0.05) is 11.8 Å². The van der Waals surface area contributed by atoms with E-state index in [0.717, 1.165) is 16.7 Å². The van der Waals surface area contributed by atoms with E-state index >= 15 is 0 Å². The highest BCUT2D eigenvalue weighted by atomic mass is 35.5. The monoisotopic (exact) mass is 388 g/mol. The van der Waals surface area contributed by atoms with Gasteiger partial charge in [-0.2, -0.15) is 0 Å². The van der Waals surface area contributed by atoms with Crippen molar-refractivity contribution in [2.45, 2.75) is 31.2 Å². The average molecular weight is 389 g/mol. The molecule has 1 N–H and O–H groups in total. The molecule has 2 aromatic heterocycles. The number of halogens is 1. The molecule has 0 saturated carbocycles. The summed E-state index contributed by atoms with van der Waals surface area (Å²) in [6, 6.07) is 9.35. The van der Waals surface area contributed by atoms with Gasteiger partial charge >= 0.3 is 0 Å². The molecule has 0 saturated heterocycles. The molecule has 0 aliphatic carbocycles. The summed E-state index contributed by atoms with van der Waals surface area (Å²) >= 11 is 6.98. The Hall–Kier alpha value is -2.38. The molecule has 0 aliphatic heterocycles. The third kappa shape index (κ3) is 4.62. The lowest BCUT2D eigenvalue weighted by Crippen LogP contribution is -2.22. The van der Waals surface area contributed by atoms with Crippen molar-refractivity contribution in [3.63, 3.8) is 0 Å². The van der Waals surface area contributed by atoms with Gasteiger partial charge in [0.15, 0.2) is 0 Å². The summed E-state index contributed by atoms with van der Waals surface area (Å²) < 4.78 is 5.69. The summed E-state index contributed by atoms with van der Waals surface area (Å²) in [6.07, 6.45) is 1.48. The zero-order chi connectivity index (χ0) is 18.7. The molecule has 2 heterocycles. The van der Waals surface area contributed by atoms with Gasteiger partial charge in [0.1, 0.15) is 5.82 Å². The molecule has 6 nitrogen and oxygen atoms in total. The SMILES string of the molecule is Cc1cc(C)cc(-c2nnc(SC(C)C(=O)Nc3ccc(Cl)cn3)o2)c1. The molecule has 1 aromatic carbocycles. The molecular formula is C18H17ClN4O2S. The predicted molar refractivity (Wildman–Crippen MR) is 102 cm³/mol. The second-order valence-electron chi connectivity index (χ2n) is 5.86. The Morgan fingerprint density at radius 1 is 1.19 bits per heavy atom. The van der Waals surface area contributed by atoms with Crippen LogP contribution >= 0.6 is 23.4 Å². The van der Waals surface area contributed by atoms with Gasteiger partial charge in [-0.15, -0.1) is 10.2 Å². The highest BCUT2D eigenvalue weighted by Crippen LogP contribution is 2.27. The zero-order valence-electron chi connectivity index (χ0n) is 14.5. The number of hydrogen-bond acceptors (Lipinski definition) is 6. The molecule has 1 atom stereocenters. The Balaban J connectivity index is 1.66. The van der Waals surface area contributed by atoms with Gasteiger partial charge in [0.05, 0.1) is 10.3 Å². The predicted octanol–water partition coefficient (Wildman–Crippen LogP) is 4.52. The molecule has 26 heavy (non-hydrogen) atoms. The van der Waals surface area contributed by atoms with Crippen molar-refractivity contribution in [2.24, 2.45) is 0 Å². The molecule has 1 unspecified atom stereocenters. The van der Waals surface area contributed by atoms with Crippen molar-refractivity contribution in [3.05, 3.63) is 52.7 Å². The number of thioether (sulfide) groups is 1. The Labute approximate surface area is 160 Å². The fraction of sp³-hybridized carbons (Fsp3) is 0.222. The van der Waals surface area contributed by atoms with E-state index in [-0.39, 0.29) is 5.91 Å². The number of pyridine rings is 1. The number of aryl methyl sites for hydroxylation is 2. The minimum atomic E-state index is -0.431. The topological polar surface area (TPSA) is 80.9 Å². The van der Waals surface area contributed by atoms with E-state index in [2.05, 4.69) is 26.6 Å². The first-order valence-electron chi connectivity index (χ1n) is 7.92. The van der Waals surface area contributed by atoms with Crippen molar-refractivity contribution in [2.75, 3.05) is 5.32 Å². The molecule has 0 fully saturated rings. The summed E-state index contributed by atoms with van der Waals surface area (Å²) in [5.41, 5.74) is 3.11. The highest BCUT2D eigenvalue weighted by Gasteiger charge is 2.19. The van der Waals surface area contributed by atoms with E-state index in [4.69, 9.17) is 16.0 Å². The van der Waals surface area contributed by atoms with Crippen LogP contribution in [0.1, 0.15) is 18.1 Å². The number of amides is 1. The van der Waals surface area contributed by atoms with Crippen LogP contribution in [0.5, 0.6) is 0 Å². The third-order valence-electron chi connectivity index (χ3n) is 3.50. The third-order valence-corrected chi connectivity index (χ3v) is 4.66. The van der Waals surface area contributed by atoms with Crippen molar-refractivity contribution >= 4 is 35.1 Å². The molecule has 0 spiro atoms. The van der Waals surface area contributed by atoms with Crippen LogP contribution < -0.4 is 5.32 Å². The second-order valence-corrected chi connectivity index (χ2v) is 7.59. The Morgan fingerprint density at radius 3 is 2.58 bits per heavy atom. The number of benzene rings is 1. The molecule has 0 aliphatic rings. The molecule has 8 heteroatoms. The van der Waals surface area contributed by atoms with E-state index in [1.807, 2.05) is 26.0 Å². The van der Waals surface area contributed by atoms with Crippen molar-refractivity contribution < 1.29 is 9.21 Å². The van der Waals surface area contributed by atoms with Crippen molar-refractivity contribution in [1.29, 1.82) is 0 Å². The van der Waals surface area contributed by atoms with Crippen LogP contribution in [0.4, 0.5) is 5.82 Å². The maximum absolute atomic E-state index is 12.3. The summed E-state index contributed by atoms with van der Waals surface area (Å²) in [5.74, 6) is 0.663. The first-order valence-corrected chi connectivity index (χ1v) is 9.18. The minimum Gasteiger partial charge on any atom is -0.411 e. The molecule has 1 amide bonds. The maximum atomic E-state index is 12.3. The summed E-state index contributed by atoms with van der Waals surface area (Å²) in [5, 5.41) is 11.2. The standard InChI is InChI=1S/C18H17ClN4O2S/c1-10-6-11(2)8-13(7-10)17-22-23-18(25-17)26-12(3)16(24)21-15-5-4-14(19)9-20-15/h4-9,12H,1-3H3,(H,20,21,24). The van der Waals surface area contributed by atoms with Gasteiger partial charge in [-0.05, 0) is 45.0 Å². The van der Waals surface area contributed by atoms with Gasteiger partial charge in [-0.1, -0.05) is 40.6 Å². The number of anilines is 1. The van der Waals surface area contributed by atoms with Gasteiger partial charge in [0.25, 0.3) is 5.22 Å². The molecular weight excluding hydrogens is 372 g/mol. The van der Waals surface area contributed by atoms with Crippen molar-refractivity contribution in [3.8, 4) is 11.5 Å². The number of carbonyl (C=O) groups is 1. The normalized spacial score (nSPS) is 12.0. The zero-order valence-corrected chi connectivity index (χ0v) is 16.1. The highest BCUT2D eigenvalue weighted by molar-refractivity contribution is 8.00. The van der Waals surface area contributed by atoms with E-state index in [1.165, 1.54) is 18.0 Å². The first kappa shape index (κ1) is 18.4. The molecule has 134 valence electrons. The maximum Gasteiger partial charge on any atom is 0.277 e. The van der Waals surface area contributed by atoms with Gasteiger partial charge in [0.2, 0.25) is 11.8 Å². The number of carbonyl (C=O) groups excluding carboxylic acids is 1. The minimum absolute atomic E-state index is 0.212. The van der Waals surface area contributed by atoms with Crippen LogP contribution in [-0.4, -0.2) is 26.3 Å². The van der Waals surface area contributed by atoms with Gasteiger partial charge in [-0.3, -0.25) is 4.79 Å². The van der Waals surface area contributed by atoms with Crippen molar-refractivity contribution in [1.82, 2.24) is 15.2 Å². The number of nitrogens with one attached hydrogen (secondary N) is 1. The Bertz CT molecular complexity index is 907. The van der Waals surface area contributed by atoms with Crippen LogP contribution in [0, 0.1) is 13.8 Å². The lowest BCUT2D eigenvalue weighted by molar-refractivity contribution is -0.115. The van der Waals surface area contributed by atoms with E-state index < -0.39 is 5.25 Å². The number of aromatic nitrogens is 3. The Kier molecular flexibility index (Phi) is 5.58. The van der Waals surface area contributed by atoms with Crippen LogP contribution in [0.25, 0.3) is 11.5 Å². The molecule has 3 rings (SSSR count). The molecule has 0 radical (unpaired) electrons. The lowest BCUT2D eigenvalue weighted by Gasteiger charge is -2.09. The smallest absolute Gasteiger partial charge is 0.277 e. The fourth-order valence-corrected chi connectivity index (χ4v) is 3.15. The van der Waals surface area contributed by atoms with Crippen LogP contribution in [0.2, 0.25) is 5.02 Å². The van der Waals surface area contributed by atoms with E-state index in [1.54, 1.807) is 19.1 Å². The second kappa shape index (κ2) is 7.88. The van der Waals surface area contributed by atoms with Crippen LogP contribution in [0.15, 0.2) is 46.2 Å². The van der Waals surface area contributed by atoms with E-state index in [9.17, 15) is 4.79 Å². The Morgan fingerprint density at radius 2 is 1.92 bits per heavy atom. The van der Waals surface area contributed by atoms with Crippen LogP contribution in [-0.2, 0) is 4.79 Å². The molecule has 0 bridgehead atoms. The molecule has 3 aromatic rings. The number of rotatable bonds is 5. The summed E-state index contributed by atoms with van der Waals surface area (Å²) in [7, 11) is 0. The largest absolute Gasteiger partial charge is 0.411 e. The van der Waals surface area contributed by atoms with Gasteiger partial charge in [-0.25, -0.2) is 4.98 Å². The average Bonchev–Trinajstić information content (AvgIpc) is 3.04. The fourth-order valence-electron chi connectivity index (χ4n) is 2.35. The lowest BCUT2D eigenvalue weighted by atomic mass is 10.1. The van der Waals surface area contributed by atoms with Crippen LogP contribution in [0.3, 0.4) is 0 Å². The summed E-state index contributed by atoms with van der Waals surface area (Å²) in [4.78, 5) is 16.3. The summed E-state index contributed by atoms with van der Waals surface area (Å²) in [6.45, 7) is 5.79. The number of nitrogens with zero attached hydrogens (tertiary/aromatic N) is 3. The van der Waals surface area contributed by atoms with Gasteiger partial charge < -0.3 is 9.73 Å². The van der Waals surface area contributed by atoms with E-state index in [0.29, 0.717) is 22.0 Å². The quantitative estimate of drug-likeness (QED) is 0.647. The first-order chi connectivity index (χ1) is 12.4. The number of hydrogen-bond donors (Lipinski definition) is 1.